The molecule has 0 aromatic carbocycles. The van der Waals surface area contributed by atoms with E-state index in [0.29, 0.717) is 23.5 Å². The molecule has 0 aliphatic rings. The Balaban J connectivity index is 2.88. The molecule has 0 atom stereocenters. The summed E-state index contributed by atoms with van der Waals surface area (Å²) in [6, 6.07) is 0. The SMILES string of the molecule is CCc1nc(Cl)c(C)c(OCC(C)(C)N(C)C)n1. The van der Waals surface area contributed by atoms with Crippen molar-refractivity contribution in [1.29, 1.82) is 0 Å². The zero-order chi connectivity index (χ0) is 13.9. The van der Waals surface area contributed by atoms with E-state index in [1.807, 2.05) is 27.9 Å². The molecule has 0 saturated heterocycles. The lowest BCUT2D eigenvalue weighted by atomic mass is 10.1. The van der Waals surface area contributed by atoms with Gasteiger partial charge in [0.15, 0.2) is 0 Å². The van der Waals surface area contributed by atoms with Crippen LogP contribution in [0.15, 0.2) is 0 Å². The van der Waals surface area contributed by atoms with Gasteiger partial charge in [0, 0.05) is 17.5 Å². The number of nitrogens with zero attached hydrogens (tertiary/aromatic N) is 3. The summed E-state index contributed by atoms with van der Waals surface area (Å²) >= 11 is 6.07. The molecule has 5 heteroatoms. The van der Waals surface area contributed by atoms with Crippen molar-refractivity contribution in [3.63, 3.8) is 0 Å². The lowest BCUT2D eigenvalue weighted by Gasteiger charge is -2.32. The van der Waals surface area contributed by atoms with Crippen LogP contribution in [0.3, 0.4) is 0 Å². The summed E-state index contributed by atoms with van der Waals surface area (Å²) in [5, 5.41) is 0.472. The average Bonchev–Trinajstić information content (AvgIpc) is 2.30. The first kappa shape index (κ1) is 15.2. The molecule has 0 aliphatic carbocycles. The smallest absolute Gasteiger partial charge is 0.221 e. The Bertz CT molecular complexity index is 419. The number of ether oxygens (including phenoxy) is 1. The normalized spacial score (nSPS) is 12.0. The summed E-state index contributed by atoms with van der Waals surface area (Å²) in [5.74, 6) is 1.30. The van der Waals surface area contributed by atoms with Crippen LogP contribution in [0, 0.1) is 6.92 Å². The predicted molar refractivity (Wildman–Crippen MR) is 74.4 cm³/mol. The van der Waals surface area contributed by atoms with Crippen LogP contribution in [0.2, 0.25) is 5.15 Å². The maximum atomic E-state index is 6.07. The Morgan fingerprint density at radius 1 is 1.28 bits per heavy atom. The zero-order valence-corrected chi connectivity index (χ0v) is 12.8. The fraction of sp³-hybridized carbons (Fsp3) is 0.692. The predicted octanol–water partition coefficient (Wildman–Crippen LogP) is 2.72. The monoisotopic (exact) mass is 271 g/mol. The number of likely N-dealkylation sites (N-methyl/N-ethyl adjacent to an activating group) is 1. The molecule has 0 bridgehead atoms. The summed E-state index contributed by atoms with van der Waals surface area (Å²) in [6.45, 7) is 8.66. The van der Waals surface area contributed by atoms with Gasteiger partial charge in [-0.1, -0.05) is 18.5 Å². The van der Waals surface area contributed by atoms with E-state index in [1.165, 1.54) is 0 Å². The van der Waals surface area contributed by atoms with Gasteiger partial charge in [-0.2, -0.15) is 4.98 Å². The van der Waals surface area contributed by atoms with Gasteiger partial charge in [-0.15, -0.1) is 0 Å². The molecule has 4 nitrogen and oxygen atoms in total. The van der Waals surface area contributed by atoms with Crippen molar-refractivity contribution in [3.8, 4) is 5.88 Å². The minimum atomic E-state index is -0.0593. The summed E-state index contributed by atoms with van der Waals surface area (Å²) in [7, 11) is 4.06. The highest BCUT2D eigenvalue weighted by atomic mass is 35.5. The van der Waals surface area contributed by atoms with Crippen LogP contribution >= 0.6 is 11.6 Å². The minimum Gasteiger partial charge on any atom is -0.475 e. The van der Waals surface area contributed by atoms with E-state index in [-0.39, 0.29) is 5.54 Å². The van der Waals surface area contributed by atoms with Crippen LogP contribution in [0.1, 0.15) is 32.2 Å². The van der Waals surface area contributed by atoms with Crippen molar-refractivity contribution in [2.24, 2.45) is 0 Å². The molecule has 0 N–H and O–H groups in total. The van der Waals surface area contributed by atoms with Crippen LogP contribution in [0.5, 0.6) is 5.88 Å². The number of aryl methyl sites for hydroxylation is 1. The van der Waals surface area contributed by atoms with Crippen molar-refractivity contribution in [3.05, 3.63) is 16.5 Å². The van der Waals surface area contributed by atoms with Gasteiger partial charge in [0.25, 0.3) is 0 Å². The quantitative estimate of drug-likeness (QED) is 0.772. The van der Waals surface area contributed by atoms with Gasteiger partial charge in [0.2, 0.25) is 5.88 Å². The largest absolute Gasteiger partial charge is 0.475 e. The molecule has 1 heterocycles. The third-order valence-electron chi connectivity index (χ3n) is 3.18. The van der Waals surface area contributed by atoms with Crippen LogP contribution in [0.4, 0.5) is 0 Å². The average molecular weight is 272 g/mol. The molecule has 18 heavy (non-hydrogen) atoms. The van der Waals surface area contributed by atoms with Crippen molar-refractivity contribution in [1.82, 2.24) is 14.9 Å². The second-order valence-electron chi connectivity index (χ2n) is 5.21. The second kappa shape index (κ2) is 5.85. The number of hydrogen-bond donors (Lipinski definition) is 0. The molecule has 0 amide bonds. The van der Waals surface area contributed by atoms with Gasteiger partial charge >= 0.3 is 0 Å². The van der Waals surface area contributed by atoms with Gasteiger partial charge in [-0.3, -0.25) is 0 Å². The lowest BCUT2D eigenvalue weighted by Crippen LogP contribution is -2.43. The van der Waals surface area contributed by atoms with Gasteiger partial charge < -0.3 is 9.64 Å². The standard InChI is InChI=1S/C13H22ClN3O/c1-7-10-15-11(14)9(2)12(16-10)18-8-13(3,4)17(5)6/h7-8H2,1-6H3. The Morgan fingerprint density at radius 3 is 2.39 bits per heavy atom. The molecule has 0 spiro atoms. The fourth-order valence-electron chi connectivity index (χ4n) is 1.18. The summed E-state index contributed by atoms with van der Waals surface area (Å²) in [5.41, 5.74) is 0.736. The van der Waals surface area contributed by atoms with E-state index < -0.39 is 0 Å². The molecule has 0 aliphatic heterocycles. The number of hydrogen-bond acceptors (Lipinski definition) is 4. The van der Waals surface area contributed by atoms with Crippen LogP contribution < -0.4 is 4.74 Å². The molecule has 0 unspecified atom stereocenters. The van der Waals surface area contributed by atoms with Gasteiger partial charge in [-0.25, -0.2) is 4.98 Å². The molecule has 0 saturated carbocycles. The molecule has 1 rings (SSSR count). The van der Waals surface area contributed by atoms with E-state index >= 15 is 0 Å². The molecule has 0 radical (unpaired) electrons. The van der Waals surface area contributed by atoms with Crippen molar-refractivity contribution in [2.75, 3.05) is 20.7 Å². The van der Waals surface area contributed by atoms with Crippen LogP contribution in [-0.4, -0.2) is 41.1 Å². The Kier molecular flexibility index (Phi) is 4.93. The first-order valence-electron chi connectivity index (χ1n) is 6.11. The van der Waals surface area contributed by atoms with Crippen LogP contribution in [0.25, 0.3) is 0 Å². The van der Waals surface area contributed by atoms with Gasteiger partial charge in [0.05, 0.1) is 0 Å². The molecular formula is C13H22ClN3O. The van der Waals surface area contributed by atoms with E-state index in [1.54, 1.807) is 0 Å². The summed E-state index contributed by atoms with van der Waals surface area (Å²) < 4.78 is 5.81. The second-order valence-corrected chi connectivity index (χ2v) is 5.57. The Hall–Kier alpha value is -0.870. The molecule has 1 aromatic heterocycles. The highest BCUT2D eigenvalue weighted by Crippen LogP contribution is 2.23. The minimum absolute atomic E-state index is 0.0593. The lowest BCUT2D eigenvalue weighted by molar-refractivity contribution is 0.110. The van der Waals surface area contributed by atoms with Gasteiger partial charge in [-0.05, 0) is 34.9 Å². The molecule has 1 aromatic rings. The first-order valence-corrected chi connectivity index (χ1v) is 6.49. The van der Waals surface area contributed by atoms with E-state index in [2.05, 4.69) is 28.7 Å². The zero-order valence-electron chi connectivity index (χ0n) is 12.0. The van der Waals surface area contributed by atoms with Crippen molar-refractivity contribution in [2.45, 2.75) is 39.7 Å². The fourth-order valence-corrected chi connectivity index (χ4v) is 1.36. The van der Waals surface area contributed by atoms with Crippen molar-refractivity contribution < 1.29 is 4.74 Å². The van der Waals surface area contributed by atoms with E-state index in [0.717, 1.165) is 12.0 Å². The van der Waals surface area contributed by atoms with E-state index in [9.17, 15) is 0 Å². The van der Waals surface area contributed by atoms with E-state index in [4.69, 9.17) is 16.3 Å². The third kappa shape index (κ3) is 3.56. The van der Waals surface area contributed by atoms with Crippen LogP contribution in [-0.2, 0) is 6.42 Å². The maximum Gasteiger partial charge on any atom is 0.221 e. The van der Waals surface area contributed by atoms with Gasteiger partial charge in [0.1, 0.15) is 17.6 Å². The first-order chi connectivity index (χ1) is 8.27. The maximum absolute atomic E-state index is 6.07. The molecule has 102 valence electrons. The molecule has 0 fully saturated rings. The highest BCUT2D eigenvalue weighted by molar-refractivity contribution is 6.30. The van der Waals surface area contributed by atoms with Crippen molar-refractivity contribution >= 4 is 11.6 Å². The highest BCUT2D eigenvalue weighted by Gasteiger charge is 2.22. The third-order valence-corrected chi connectivity index (χ3v) is 3.55. The summed E-state index contributed by atoms with van der Waals surface area (Å²) in [4.78, 5) is 10.7. The Morgan fingerprint density at radius 2 is 1.89 bits per heavy atom. The Labute approximate surface area is 114 Å². The number of aromatic nitrogens is 2. The topological polar surface area (TPSA) is 38.2 Å². The summed E-state index contributed by atoms with van der Waals surface area (Å²) in [6.07, 6.45) is 0.743. The number of halogens is 1. The molecular weight excluding hydrogens is 250 g/mol. The number of rotatable bonds is 5.